The third-order valence-electron chi connectivity index (χ3n) is 2.64. The minimum absolute atomic E-state index is 0.00301. The largest absolute Gasteiger partial charge is 0.270 e. The molecule has 13 heavy (non-hydrogen) atoms. The van der Waals surface area contributed by atoms with E-state index in [1.807, 2.05) is 0 Å². The topological polar surface area (TPSA) is 17.8 Å². The van der Waals surface area contributed by atoms with Gasteiger partial charge in [0.2, 0.25) is 0 Å². The highest BCUT2D eigenvalue weighted by Gasteiger charge is 2.45. The maximum absolute atomic E-state index is 13.3. The van der Waals surface area contributed by atoms with Crippen molar-refractivity contribution in [1.82, 2.24) is 9.78 Å². The fourth-order valence-corrected chi connectivity index (χ4v) is 1.92. The molecule has 0 saturated heterocycles. The summed E-state index contributed by atoms with van der Waals surface area (Å²) in [6.45, 7) is 1.81. The summed E-state index contributed by atoms with van der Waals surface area (Å²) in [6.07, 6.45) is 2.70. The Balaban J connectivity index is 2.31. The van der Waals surface area contributed by atoms with Crippen molar-refractivity contribution in [3.05, 3.63) is 18.0 Å². The van der Waals surface area contributed by atoms with Crippen molar-refractivity contribution in [2.45, 2.75) is 38.2 Å². The van der Waals surface area contributed by atoms with Gasteiger partial charge in [-0.1, -0.05) is 0 Å². The van der Waals surface area contributed by atoms with Crippen LogP contribution in [0.4, 0.5) is 8.78 Å². The lowest BCUT2D eigenvalue weighted by Gasteiger charge is -2.20. The number of aromatic nitrogens is 2. The van der Waals surface area contributed by atoms with Gasteiger partial charge in [-0.15, -0.1) is 0 Å². The zero-order valence-corrected chi connectivity index (χ0v) is 7.50. The Kier molecular flexibility index (Phi) is 1.86. The third-order valence-corrected chi connectivity index (χ3v) is 2.64. The van der Waals surface area contributed by atoms with Crippen LogP contribution in [0.2, 0.25) is 0 Å². The maximum Gasteiger partial charge on any atom is 0.270 e. The van der Waals surface area contributed by atoms with E-state index in [-0.39, 0.29) is 6.42 Å². The molecular weight excluding hydrogens is 174 g/mol. The van der Waals surface area contributed by atoms with Gasteiger partial charge in [-0.25, -0.2) is 8.78 Å². The average Bonchev–Trinajstić information content (AvgIpc) is 2.56. The van der Waals surface area contributed by atoms with Gasteiger partial charge >= 0.3 is 0 Å². The lowest BCUT2D eigenvalue weighted by atomic mass is 10.2. The lowest BCUT2D eigenvalue weighted by Crippen LogP contribution is -2.26. The van der Waals surface area contributed by atoms with Crippen molar-refractivity contribution >= 4 is 0 Å². The first-order valence-corrected chi connectivity index (χ1v) is 4.49. The molecule has 1 saturated carbocycles. The first-order chi connectivity index (χ1) is 6.11. The third kappa shape index (κ3) is 1.34. The summed E-state index contributed by atoms with van der Waals surface area (Å²) in [5.74, 6) is -2.57. The van der Waals surface area contributed by atoms with Gasteiger partial charge in [0, 0.05) is 18.3 Å². The van der Waals surface area contributed by atoms with Crippen LogP contribution in [0.3, 0.4) is 0 Å². The van der Waals surface area contributed by atoms with Crippen LogP contribution in [0.5, 0.6) is 0 Å². The standard InChI is InChI=1S/C9H12F2N2/c1-7-4-6-12-13(7)8-3-2-5-9(8,10)11/h4,6,8H,2-3,5H2,1H3. The number of alkyl halides is 2. The summed E-state index contributed by atoms with van der Waals surface area (Å²) in [5.41, 5.74) is 0.812. The van der Waals surface area contributed by atoms with Gasteiger partial charge < -0.3 is 0 Å². The monoisotopic (exact) mass is 186 g/mol. The lowest BCUT2D eigenvalue weighted by molar-refractivity contribution is -0.0349. The quantitative estimate of drug-likeness (QED) is 0.659. The number of nitrogens with zero attached hydrogens (tertiary/aromatic N) is 2. The Morgan fingerprint density at radius 3 is 2.85 bits per heavy atom. The first kappa shape index (κ1) is 8.66. The number of rotatable bonds is 1. The fraction of sp³-hybridized carbons (Fsp3) is 0.667. The zero-order valence-electron chi connectivity index (χ0n) is 7.50. The van der Waals surface area contributed by atoms with Gasteiger partial charge in [-0.3, -0.25) is 4.68 Å². The fourth-order valence-electron chi connectivity index (χ4n) is 1.92. The Morgan fingerprint density at radius 2 is 2.38 bits per heavy atom. The molecule has 1 fully saturated rings. The number of hydrogen-bond acceptors (Lipinski definition) is 1. The van der Waals surface area contributed by atoms with Crippen LogP contribution in [-0.4, -0.2) is 15.7 Å². The van der Waals surface area contributed by atoms with E-state index in [0.717, 1.165) is 5.69 Å². The Morgan fingerprint density at radius 1 is 1.62 bits per heavy atom. The average molecular weight is 186 g/mol. The van der Waals surface area contributed by atoms with E-state index in [1.54, 1.807) is 19.2 Å². The van der Waals surface area contributed by atoms with Crippen molar-refractivity contribution in [3.63, 3.8) is 0 Å². The van der Waals surface area contributed by atoms with E-state index < -0.39 is 12.0 Å². The minimum atomic E-state index is -2.57. The van der Waals surface area contributed by atoms with Crippen LogP contribution in [0.1, 0.15) is 31.0 Å². The SMILES string of the molecule is Cc1ccnn1C1CCCC1(F)F. The van der Waals surface area contributed by atoms with Gasteiger partial charge in [0.25, 0.3) is 5.92 Å². The van der Waals surface area contributed by atoms with Crippen molar-refractivity contribution in [3.8, 4) is 0 Å². The summed E-state index contributed by atoms with van der Waals surface area (Å²) in [7, 11) is 0. The van der Waals surface area contributed by atoms with Crippen molar-refractivity contribution in [1.29, 1.82) is 0 Å². The molecule has 1 atom stereocenters. The minimum Gasteiger partial charge on any atom is -0.261 e. The number of aryl methyl sites for hydroxylation is 1. The van der Waals surface area contributed by atoms with Crippen molar-refractivity contribution < 1.29 is 8.78 Å². The summed E-state index contributed by atoms with van der Waals surface area (Å²) in [6, 6.07) is 1.04. The van der Waals surface area contributed by atoms with Gasteiger partial charge in [-0.05, 0) is 25.8 Å². The van der Waals surface area contributed by atoms with E-state index in [4.69, 9.17) is 0 Å². The molecule has 1 aliphatic carbocycles. The molecule has 2 rings (SSSR count). The molecule has 0 bridgehead atoms. The van der Waals surface area contributed by atoms with Crippen LogP contribution >= 0.6 is 0 Å². The van der Waals surface area contributed by atoms with E-state index in [0.29, 0.717) is 12.8 Å². The molecule has 0 amide bonds. The molecule has 1 unspecified atom stereocenters. The Labute approximate surface area is 75.6 Å². The second-order valence-electron chi connectivity index (χ2n) is 3.59. The van der Waals surface area contributed by atoms with Crippen molar-refractivity contribution in [2.75, 3.05) is 0 Å². The molecule has 1 aromatic heterocycles. The molecule has 4 heteroatoms. The number of halogens is 2. The van der Waals surface area contributed by atoms with Gasteiger partial charge in [-0.2, -0.15) is 5.10 Å². The molecular formula is C9H12F2N2. The maximum atomic E-state index is 13.3. The van der Waals surface area contributed by atoms with Gasteiger partial charge in [0.15, 0.2) is 0 Å². The summed E-state index contributed by atoms with van der Waals surface area (Å²) in [4.78, 5) is 0. The molecule has 0 aromatic carbocycles. The Hall–Kier alpha value is -0.930. The van der Waals surface area contributed by atoms with E-state index in [9.17, 15) is 8.78 Å². The second-order valence-corrected chi connectivity index (χ2v) is 3.59. The predicted molar refractivity (Wildman–Crippen MR) is 44.8 cm³/mol. The summed E-state index contributed by atoms with van der Waals surface area (Å²) in [5, 5.41) is 3.93. The molecule has 0 N–H and O–H groups in total. The van der Waals surface area contributed by atoms with E-state index >= 15 is 0 Å². The van der Waals surface area contributed by atoms with Crippen LogP contribution in [0.25, 0.3) is 0 Å². The molecule has 0 aliphatic heterocycles. The van der Waals surface area contributed by atoms with Gasteiger partial charge in [0.05, 0.1) is 0 Å². The first-order valence-electron chi connectivity index (χ1n) is 4.49. The molecule has 1 aliphatic rings. The van der Waals surface area contributed by atoms with Gasteiger partial charge in [0.1, 0.15) is 6.04 Å². The predicted octanol–water partition coefficient (Wildman–Crippen LogP) is 2.55. The summed E-state index contributed by atoms with van der Waals surface area (Å²) < 4.78 is 28.0. The van der Waals surface area contributed by atoms with Crippen LogP contribution in [0, 0.1) is 6.92 Å². The highest BCUT2D eigenvalue weighted by atomic mass is 19.3. The van der Waals surface area contributed by atoms with E-state index in [2.05, 4.69) is 5.10 Å². The molecule has 72 valence electrons. The highest BCUT2D eigenvalue weighted by Crippen LogP contribution is 2.43. The molecule has 1 aromatic rings. The van der Waals surface area contributed by atoms with Crippen LogP contribution in [-0.2, 0) is 0 Å². The number of hydrogen-bond donors (Lipinski definition) is 0. The molecule has 2 nitrogen and oxygen atoms in total. The van der Waals surface area contributed by atoms with Crippen molar-refractivity contribution in [2.24, 2.45) is 0 Å². The highest BCUT2D eigenvalue weighted by molar-refractivity contribution is 5.02. The van der Waals surface area contributed by atoms with E-state index in [1.165, 1.54) is 4.68 Å². The molecule has 0 spiro atoms. The second kappa shape index (κ2) is 2.79. The molecule has 1 heterocycles. The van der Waals surface area contributed by atoms with Crippen LogP contribution < -0.4 is 0 Å². The molecule has 0 radical (unpaired) electrons. The normalized spacial score (nSPS) is 26.5. The summed E-state index contributed by atoms with van der Waals surface area (Å²) >= 11 is 0. The van der Waals surface area contributed by atoms with Crippen LogP contribution in [0.15, 0.2) is 12.3 Å². The smallest absolute Gasteiger partial charge is 0.261 e. The zero-order chi connectivity index (χ0) is 9.47. The Bertz CT molecular complexity index is 306.